The summed E-state index contributed by atoms with van der Waals surface area (Å²) in [4.78, 5) is 11.8. The Balaban J connectivity index is 1.69. The molecule has 0 heterocycles. The van der Waals surface area contributed by atoms with Crippen LogP contribution in [0.2, 0.25) is 0 Å². The zero-order chi connectivity index (χ0) is 15.1. The van der Waals surface area contributed by atoms with Gasteiger partial charge < -0.3 is 10.1 Å². The third-order valence-corrected chi connectivity index (χ3v) is 5.48. The Hall–Kier alpha value is -0.570. The lowest BCUT2D eigenvalue weighted by Gasteiger charge is -2.31. The summed E-state index contributed by atoms with van der Waals surface area (Å²) in [5, 5.41) is 3.88. The molecule has 122 valence electrons. The van der Waals surface area contributed by atoms with E-state index in [1.54, 1.807) is 0 Å². The van der Waals surface area contributed by atoms with Crippen molar-refractivity contribution in [2.45, 2.75) is 90.1 Å². The third-order valence-electron chi connectivity index (χ3n) is 5.48. The van der Waals surface area contributed by atoms with E-state index < -0.39 is 0 Å². The summed E-state index contributed by atoms with van der Waals surface area (Å²) in [6, 6.07) is 1.34. The quantitative estimate of drug-likeness (QED) is 0.614. The molecule has 0 aromatic carbocycles. The van der Waals surface area contributed by atoms with Crippen LogP contribution in [0.4, 0.5) is 0 Å². The van der Waals surface area contributed by atoms with Gasteiger partial charge in [-0.25, -0.2) is 0 Å². The van der Waals surface area contributed by atoms with E-state index >= 15 is 0 Å². The second-order valence-corrected chi connectivity index (χ2v) is 6.95. The van der Waals surface area contributed by atoms with Crippen molar-refractivity contribution < 1.29 is 9.53 Å². The van der Waals surface area contributed by atoms with Crippen LogP contribution in [0.15, 0.2) is 0 Å². The summed E-state index contributed by atoms with van der Waals surface area (Å²) in [6.45, 7) is 4.73. The number of carbonyl (C=O) groups excluding carboxylic acids is 1. The Labute approximate surface area is 130 Å². The first-order valence-electron chi connectivity index (χ1n) is 9.15. The van der Waals surface area contributed by atoms with E-state index in [1.807, 2.05) is 6.92 Å². The molecule has 21 heavy (non-hydrogen) atoms. The molecule has 2 unspecified atom stereocenters. The number of nitrogens with one attached hydrogen (secondary N) is 1. The second-order valence-electron chi connectivity index (χ2n) is 6.95. The van der Waals surface area contributed by atoms with Crippen LogP contribution in [0.1, 0.15) is 78.1 Å². The molecule has 3 nitrogen and oxygen atoms in total. The number of carbonyl (C=O) groups is 1. The van der Waals surface area contributed by atoms with Gasteiger partial charge >= 0.3 is 5.97 Å². The Morgan fingerprint density at radius 3 is 2.29 bits per heavy atom. The van der Waals surface area contributed by atoms with Gasteiger partial charge in [-0.2, -0.15) is 0 Å². The number of ether oxygens (including phenoxy) is 1. The van der Waals surface area contributed by atoms with Crippen LogP contribution < -0.4 is 5.32 Å². The molecule has 1 N–H and O–H groups in total. The lowest BCUT2D eigenvalue weighted by atomic mass is 9.85. The Morgan fingerprint density at radius 1 is 0.952 bits per heavy atom. The van der Waals surface area contributed by atoms with Crippen LogP contribution in [-0.4, -0.2) is 24.7 Å². The average Bonchev–Trinajstić information content (AvgIpc) is 2.73. The highest BCUT2D eigenvalue weighted by atomic mass is 16.5. The predicted molar refractivity (Wildman–Crippen MR) is 86.2 cm³/mol. The summed E-state index contributed by atoms with van der Waals surface area (Å²) >= 11 is 0. The summed E-state index contributed by atoms with van der Waals surface area (Å²) in [5.74, 6) is 1.13. The molecule has 2 atom stereocenters. The van der Waals surface area contributed by atoms with Crippen LogP contribution in [0.5, 0.6) is 0 Å². The fourth-order valence-electron chi connectivity index (χ4n) is 4.04. The third kappa shape index (κ3) is 5.28. The molecule has 3 heteroatoms. The lowest BCUT2D eigenvalue weighted by molar-refractivity contribution is -0.149. The van der Waals surface area contributed by atoms with E-state index in [2.05, 4.69) is 12.2 Å². The molecule has 2 saturated carbocycles. The van der Waals surface area contributed by atoms with E-state index in [1.165, 1.54) is 38.5 Å². The van der Waals surface area contributed by atoms with E-state index in [-0.39, 0.29) is 11.9 Å². The topological polar surface area (TPSA) is 38.3 Å². The molecule has 0 spiro atoms. The van der Waals surface area contributed by atoms with Gasteiger partial charge in [-0.1, -0.05) is 26.2 Å². The molecule has 2 rings (SSSR count). The Bertz CT molecular complexity index is 310. The van der Waals surface area contributed by atoms with Gasteiger partial charge in [0.15, 0.2) is 0 Å². The smallest absolute Gasteiger partial charge is 0.308 e. The first kappa shape index (κ1) is 16.8. The van der Waals surface area contributed by atoms with E-state index in [0.29, 0.717) is 18.7 Å². The second kappa shape index (κ2) is 8.77. The number of esters is 1. The van der Waals surface area contributed by atoms with Gasteiger partial charge in [-0.15, -0.1) is 0 Å². The fourth-order valence-corrected chi connectivity index (χ4v) is 4.04. The minimum Gasteiger partial charge on any atom is -0.466 e. The Kier molecular flexibility index (Phi) is 7.01. The highest BCUT2D eigenvalue weighted by Crippen LogP contribution is 2.29. The molecule has 0 aliphatic heterocycles. The summed E-state index contributed by atoms with van der Waals surface area (Å²) in [7, 11) is 0. The van der Waals surface area contributed by atoms with Gasteiger partial charge in [0.2, 0.25) is 0 Å². The number of hydrogen-bond donors (Lipinski definition) is 1. The van der Waals surface area contributed by atoms with Gasteiger partial charge in [0.1, 0.15) is 0 Å². The zero-order valence-electron chi connectivity index (χ0n) is 13.9. The SMILES string of the molecule is CCOC(=O)C1CCC(NC2CCCC(CC)CC2)CC1. The minimum atomic E-state index is 0.0243. The summed E-state index contributed by atoms with van der Waals surface area (Å²) < 4.78 is 5.15. The minimum absolute atomic E-state index is 0.0243. The molecule has 0 aromatic rings. The van der Waals surface area contributed by atoms with E-state index in [4.69, 9.17) is 4.74 Å². The maximum Gasteiger partial charge on any atom is 0.308 e. The van der Waals surface area contributed by atoms with Gasteiger partial charge in [0.25, 0.3) is 0 Å². The highest BCUT2D eigenvalue weighted by Gasteiger charge is 2.28. The number of rotatable bonds is 5. The normalized spacial score (nSPS) is 34.2. The fraction of sp³-hybridized carbons (Fsp3) is 0.944. The molecule has 0 radical (unpaired) electrons. The lowest BCUT2D eigenvalue weighted by Crippen LogP contribution is -2.41. The van der Waals surface area contributed by atoms with Crippen molar-refractivity contribution in [1.29, 1.82) is 0 Å². The van der Waals surface area contributed by atoms with Crippen molar-refractivity contribution >= 4 is 5.97 Å². The molecule has 0 bridgehead atoms. The predicted octanol–water partition coefficient (Wildman–Crippen LogP) is 4.06. The summed E-state index contributed by atoms with van der Waals surface area (Å²) in [6.07, 6.45) is 12.5. The maximum atomic E-state index is 11.8. The summed E-state index contributed by atoms with van der Waals surface area (Å²) in [5.41, 5.74) is 0. The monoisotopic (exact) mass is 295 g/mol. The van der Waals surface area contributed by atoms with Crippen molar-refractivity contribution in [3.63, 3.8) is 0 Å². The van der Waals surface area contributed by atoms with Crippen molar-refractivity contribution in [2.75, 3.05) is 6.61 Å². The molecule has 0 amide bonds. The molecule has 2 fully saturated rings. The largest absolute Gasteiger partial charge is 0.466 e. The molecule has 2 aliphatic carbocycles. The van der Waals surface area contributed by atoms with E-state index in [0.717, 1.165) is 31.6 Å². The molecular weight excluding hydrogens is 262 g/mol. The van der Waals surface area contributed by atoms with E-state index in [9.17, 15) is 4.79 Å². The van der Waals surface area contributed by atoms with Gasteiger partial charge in [0, 0.05) is 12.1 Å². The average molecular weight is 295 g/mol. The zero-order valence-corrected chi connectivity index (χ0v) is 13.9. The molecule has 0 aromatic heterocycles. The van der Waals surface area contributed by atoms with Crippen LogP contribution in [0.3, 0.4) is 0 Å². The van der Waals surface area contributed by atoms with Crippen LogP contribution in [-0.2, 0) is 9.53 Å². The molecule has 2 aliphatic rings. The van der Waals surface area contributed by atoms with Crippen molar-refractivity contribution in [2.24, 2.45) is 11.8 Å². The van der Waals surface area contributed by atoms with Crippen LogP contribution >= 0.6 is 0 Å². The maximum absolute atomic E-state index is 11.8. The molecular formula is C18H33NO2. The first-order chi connectivity index (χ1) is 10.2. The van der Waals surface area contributed by atoms with Gasteiger partial charge in [0.05, 0.1) is 12.5 Å². The Morgan fingerprint density at radius 2 is 1.62 bits per heavy atom. The van der Waals surface area contributed by atoms with Crippen molar-refractivity contribution in [3.05, 3.63) is 0 Å². The standard InChI is InChI=1S/C18H33NO2/c1-3-14-6-5-7-16(11-8-14)19-17-12-9-15(10-13-17)18(20)21-4-2/h14-17,19H,3-13H2,1-2H3. The first-order valence-corrected chi connectivity index (χ1v) is 9.15. The van der Waals surface area contributed by atoms with Crippen molar-refractivity contribution in [1.82, 2.24) is 5.32 Å². The van der Waals surface area contributed by atoms with Crippen molar-refractivity contribution in [3.8, 4) is 0 Å². The highest BCUT2D eigenvalue weighted by molar-refractivity contribution is 5.72. The van der Waals surface area contributed by atoms with Crippen LogP contribution in [0.25, 0.3) is 0 Å². The van der Waals surface area contributed by atoms with Gasteiger partial charge in [-0.05, 0) is 57.8 Å². The van der Waals surface area contributed by atoms with Gasteiger partial charge in [-0.3, -0.25) is 4.79 Å². The molecule has 0 saturated heterocycles. The number of hydrogen-bond acceptors (Lipinski definition) is 3. The van der Waals surface area contributed by atoms with Crippen LogP contribution in [0, 0.1) is 11.8 Å².